The summed E-state index contributed by atoms with van der Waals surface area (Å²) < 4.78 is 17.4. The Morgan fingerprint density at radius 2 is 1.91 bits per heavy atom. The number of aliphatic hydroxyl groups is 1. The Labute approximate surface area is 266 Å². The van der Waals surface area contributed by atoms with Gasteiger partial charge in [0.05, 0.1) is 36.4 Å². The highest BCUT2D eigenvalue weighted by atomic mass is 19.1. The van der Waals surface area contributed by atoms with Crippen LogP contribution in [0.1, 0.15) is 65.1 Å². The van der Waals surface area contributed by atoms with Crippen LogP contribution in [0.5, 0.6) is 0 Å². The van der Waals surface area contributed by atoms with Gasteiger partial charge in [-0.05, 0) is 94.7 Å². The first-order valence-electron chi connectivity index (χ1n) is 15.5. The first kappa shape index (κ1) is 31.1. The fourth-order valence-corrected chi connectivity index (χ4v) is 6.61. The molecule has 0 unspecified atom stereocenters. The smallest absolute Gasteiger partial charge is 0.264 e. The van der Waals surface area contributed by atoms with Gasteiger partial charge in [0.2, 0.25) is 0 Å². The normalized spacial score (nSPS) is 17.2. The van der Waals surface area contributed by atoms with E-state index in [1.54, 1.807) is 12.1 Å². The van der Waals surface area contributed by atoms with Crippen LogP contribution in [0.15, 0.2) is 71.8 Å². The van der Waals surface area contributed by atoms with Crippen molar-refractivity contribution in [1.82, 2.24) is 29.3 Å². The van der Waals surface area contributed by atoms with Gasteiger partial charge in [-0.3, -0.25) is 14.6 Å². The number of carbonyl (C=O) groups excluding carboxylic acids is 1. The van der Waals surface area contributed by atoms with Gasteiger partial charge in [-0.2, -0.15) is 0 Å². The van der Waals surface area contributed by atoms with E-state index in [0.717, 1.165) is 59.0 Å². The zero-order chi connectivity index (χ0) is 32.4. The number of aliphatic hydroxyl groups excluding tert-OH is 1. The van der Waals surface area contributed by atoms with Gasteiger partial charge < -0.3 is 24.5 Å². The molecule has 10 heteroatoms. The number of fused-ring (bicyclic) bond motifs is 3. The van der Waals surface area contributed by atoms with Crippen molar-refractivity contribution in [2.45, 2.75) is 50.7 Å². The van der Waals surface area contributed by atoms with Gasteiger partial charge in [0.1, 0.15) is 22.7 Å². The van der Waals surface area contributed by atoms with Gasteiger partial charge in [-0.25, -0.2) is 9.37 Å². The fraction of sp³-hybridized carbons (Fsp3) is 0.333. The van der Waals surface area contributed by atoms with Crippen LogP contribution in [0.3, 0.4) is 0 Å². The maximum absolute atomic E-state index is 13.8. The number of amides is 1. The number of aryl methyl sites for hydroxylation is 1. The molecule has 0 aliphatic heterocycles. The minimum atomic E-state index is -0.835. The summed E-state index contributed by atoms with van der Waals surface area (Å²) in [7, 11) is 4.30. The predicted molar refractivity (Wildman–Crippen MR) is 176 cm³/mol. The first-order chi connectivity index (χ1) is 22.2. The van der Waals surface area contributed by atoms with E-state index in [0.29, 0.717) is 17.6 Å². The van der Waals surface area contributed by atoms with Crippen molar-refractivity contribution < 1.29 is 14.3 Å². The van der Waals surface area contributed by atoms with E-state index in [1.807, 2.05) is 24.4 Å². The molecule has 1 aliphatic rings. The van der Waals surface area contributed by atoms with Crippen LogP contribution in [-0.2, 0) is 0 Å². The lowest BCUT2D eigenvalue weighted by atomic mass is 9.90. The van der Waals surface area contributed by atoms with Crippen molar-refractivity contribution in [3.05, 3.63) is 106 Å². The van der Waals surface area contributed by atoms with Crippen molar-refractivity contribution >= 4 is 27.8 Å². The maximum Gasteiger partial charge on any atom is 0.264 e. The molecule has 2 aromatic carbocycles. The van der Waals surface area contributed by atoms with Crippen LogP contribution in [0.25, 0.3) is 21.9 Å². The minimum Gasteiger partial charge on any atom is -0.394 e. The Balaban J connectivity index is 1.21. The lowest BCUT2D eigenvalue weighted by molar-refractivity contribution is 0.0956. The predicted octanol–water partition coefficient (Wildman–Crippen LogP) is 4.60. The quantitative estimate of drug-likeness (QED) is 0.258. The van der Waals surface area contributed by atoms with E-state index in [1.165, 1.54) is 35.0 Å². The average Bonchev–Trinajstić information content (AvgIpc) is 3.40. The summed E-state index contributed by atoms with van der Waals surface area (Å²) in [5, 5.41) is 13.7. The SMILES string of the molecule is Cc1nc2cnc3ccc(C#CCNC(=O)c4cccn([C@@H](CO)c5cccc(F)c5)c4=O)cc3c2n1[C@H]1CC[C@H](N(C)C)CC1. The number of rotatable bonds is 7. The van der Waals surface area contributed by atoms with E-state index >= 15 is 0 Å². The summed E-state index contributed by atoms with van der Waals surface area (Å²) in [4.78, 5) is 38.0. The van der Waals surface area contributed by atoms with Crippen molar-refractivity contribution in [1.29, 1.82) is 0 Å². The number of carbonyl (C=O) groups is 1. The molecule has 0 saturated heterocycles. The molecule has 0 radical (unpaired) electrons. The zero-order valence-corrected chi connectivity index (χ0v) is 26.2. The number of imidazole rings is 1. The summed E-state index contributed by atoms with van der Waals surface area (Å²) in [5.41, 5.74) is 3.32. The van der Waals surface area contributed by atoms with Crippen LogP contribution in [0.2, 0.25) is 0 Å². The zero-order valence-electron chi connectivity index (χ0n) is 26.2. The Hall–Kier alpha value is -4.85. The van der Waals surface area contributed by atoms with Gasteiger partial charge in [0, 0.05) is 29.2 Å². The number of nitrogens with one attached hydrogen (secondary N) is 1. The number of pyridine rings is 2. The second kappa shape index (κ2) is 13.3. The summed E-state index contributed by atoms with van der Waals surface area (Å²) in [6.45, 7) is 1.64. The molecule has 3 heterocycles. The molecule has 0 bridgehead atoms. The molecule has 9 nitrogen and oxygen atoms in total. The van der Waals surface area contributed by atoms with Gasteiger partial charge in [-0.15, -0.1) is 0 Å². The molecule has 1 amide bonds. The van der Waals surface area contributed by atoms with Gasteiger partial charge >= 0.3 is 0 Å². The van der Waals surface area contributed by atoms with Crippen molar-refractivity contribution in [3.8, 4) is 11.8 Å². The molecule has 1 atom stereocenters. The van der Waals surface area contributed by atoms with E-state index in [4.69, 9.17) is 4.98 Å². The third kappa shape index (κ3) is 6.16. The molecule has 5 aromatic rings. The molecule has 0 spiro atoms. The molecule has 3 aromatic heterocycles. The first-order valence-corrected chi connectivity index (χ1v) is 15.5. The monoisotopic (exact) mass is 620 g/mol. The third-order valence-corrected chi connectivity index (χ3v) is 8.99. The van der Waals surface area contributed by atoms with Crippen molar-refractivity contribution in [2.75, 3.05) is 27.2 Å². The number of hydrogen-bond acceptors (Lipinski definition) is 6. The summed E-state index contributed by atoms with van der Waals surface area (Å²) in [6.07, 6.45) is 7.79. The maximum atomic E-state index is 13.8. The van der Waals surface area contributed by atoms with Gasteiger partial charge in [-0.1, -0.05) is 24.0 Å². The molecule has 46 heavy (non-hydrogen) atoms. The average molecular weight is 621 g/mol. The molecule has 6 rings (SSSR count). The third-order valence-electron chi connectivity index (χ3n) is 8.99. The fourth-order valence-electron chi connectivity index (χ4n) is 6.61. The van der Waals surface area contributed by atoms with Gasteiger partial charge in [0.15, 0.2) is 0 Å². The molecule has 2 N–H and O–H groups in total. The Bertz CT molecular complexity index is 2030. The minimum absolute atomic E-state index is 0.0210. The molecule has 1 saturated carbocycles. The van der Waals surface area contributed by atoms with E-state index in [2.05, 4.69) is 52.6 Å². The Morgan fingerprint density at radius 1 is 1.11 bits per heavy atom. The van der Waals surface area contributed by atoms with Crippen LogP contribution in [0, 0.1) is 24.6 Å². The second-order valence-corrected chi connectivity index (χ2v) is 12.1. The largest absolute Gasteiger partial charge is 0.394 e. The molecular weight excluding hydrogens is 583 g/mol. The standard InChI is InChI=1S/C36H37FN6O3/c1-23-40-32-21-39-31-16-11-24(19-30(31)34(32)43(23)28-14-12-27(13-15-28)41(2)3)7-5-17-38-35(45)29-10-6-18-42(36(29)46)33(22-44)25-8-4-9-26(37)20-25/h4,6,8-11,16,18-21,27-28,33,44H,12-15,17,22H2,1-3H3,(H,38,45)/t27-,28-,33-/m0/s1. The molecule has 1 aliphatic carbocycles. The lowest BCUT2D eigenvalue weighted by Gasteiger charge is -2.34. The number of hydrogen-bond donors (Lipinski definition) is 2. The summed E-state index contributed by atoms with van der Waals surface area (Å²) in [5.74, 6) is 6.05. The Morgan fingerprint density at radius 3 is 2.65 bits per heavy atom. The highest BCUT2D eigenvalue weighted by Crippen LogP contribution is 2.36. The summed E-state index contributed by atoms with van der Waals surface area (Å²) >= 11 is 0. The van der Waals surface area contributed by atoms with Crippen LogP contribution in [-0.4, -0.2) is 68.3 Å². The van der Waals surface area contributed by atoms with Crippen LogP contribution >= 0.6 is 0 Å². The highest BCUT2D eigenvalue weighted by molar-refractivity contribution is 6.03. The number of aromatic nitrogens is 4. The van der Waals surface area contributed by atoms with Crippen molar-refractivity contribution in [3.63, 3.8) is 0 Å². The lowest BCUT2D eigenvalue weighted by Crippen LogP contribution is -2.35. The van der Waals surface area contributed by atoms with Crippen molar-refractivity contribution in [2.24, 2.45) is 0 Å². The number of nitrogens with zero attached hydrogens (tertiary/aromatic N) is 5. The van der Waals surface area contributed by atoms with Gasteiger partial charge in [0.25, 0.3) is 11.5 Å². The molecular formula is C36H37FN6O3. The van der Waals surface area contributed by atoms with E-state index in [-0.39, 0.29) is 12.1 Å². The topological polar surface area (TPSA) is 105 Å². The number of halogens is 1. The highest BCUT2D eigenvalue weighted by Gasteiger charge is 2.26. The molecule has 1 fully saturated rings. The van der Waals surface area contributed by atoms with E-state index < -0.39 is 29.9 Å². The molecule has 236 valence electrons. The van der Waals surface area contributed by atoms with Crippen LogP contribution in [0.4, 0.5) is 4.39 Å². The Kier molecular flexibility index (Phi) is 8.97. The van der Waals surface area contributed by atoms with E-state index in [9.17, 15) is 19.1 Å². The summed E-state index contributed by atoms with van der Waals surface area (Å²) in [6, 6.07) is 14.7. The second-order valence-electron chi connectivity index (χ2n) is 12.1. The van der Waals surface area contributed by atoms with Crippen LogP contribution < -0.4 is 10.9 Å². The number of benzene rings is 2.